The third-order valence-corrected chi connectivity index (χ3v) is 6.64. The van der Waals surface area contributed by atoms with Gasteiger partial charge in [0.1, 0.15) is 6.67 Å². The van der Waals surface area contributed by atoms with E-state index in [-0.39, 0.29) is 34.0 Å². The summed E-state index contributed by atoms with van der Waals surface area (Å²) in [5.74, 6) is 0. The molecule has 0 aliphatic rings. The second-order valence-corrected chi connectivity index (χ2v) is 11.2. The van der Waals surface area contributed by atoms with E-state index in [2.05, 4.69) is 47.4 Å². The lowest BCUT2D eigenvalue weighted by Gasteiger charge is -2.31. The summed E-state index contributed by atoms with van der Waals surface area (Å²) in [5, 5.41) is 3.72. The molecule has 0 bridgehead atoms. The van der Waals surface area contributed by atoms with Crippen molar-refractivity contribution in [1.82, 2.24) is 5.32 Å². The fourth-order valence-corrected chi connectivity index (χ4v) is 4.36. The van der Waals surface area contributed by atoms with E-state index in [1.165, 1.54) is 133 Å². The first-order valence-electron chi connectivity index (χ1n) is 13.7. The molecule has 0 saturated heterocycles. The van der Waals surface area contributed by atoms with Gasteiger partial charge in [0.05, 0.1) is 47.8 Å². The van der Waals surface area contributed by atoms with E-state index in [1.54, 1.807) is 0 Å². The molecule has 0 aliphatic heterocycles. The monoisotopic (exact) mass is 585 g/mol. The minimum atomic E-state index is 0. The summed E-state index contributed by atoms with van der Waals surface area (Å²) in [6, 6.07) is 0. The van der Waals surface area contributed by atoms with Crippen molar-refractivity contribution in [3.8, 4) is 0 Å². The minimum Gasteiger partial charge on any atom is -1.00 e. The van der Waals surface area contributed by atoms with Crippen LogP contribution in [0, 0.1) is 0 Å². The van der Waals surface area contributed by atoms with Crippen molar-refractivity contribution in [2.24, 2.45) is 0 Å². The Morgan fingerprint density at radius 3 is 1.22 bits per heavy atom. The molecule has 0 radical (unpaired) electrons. The fourth-order valence-electron chi connectivity index (χ4n) is 4.36. The number of unbranched alkanes of at least 4 members (excludes halogenated alkanes) is 13. The number of hydrogen-bond donors (Lipinski definition) is 1. The van der Waals surface area contributed by atoms with Crippen molar-refractivity contribution in [3.63, 3.8) is 0 Å². The quantitative estimate of drug-likeness (QED) is 0.107. The second-order valence-electron chi connectivity index (χ2n) is 11.2. The maximum absolute atomic E-state index is 3.72. The summed E-state index contributed by atoms with van der Waals surface area (Å²) in [5.41, 5.74) is 0. The van der Waals surface area contributed by atoms with E-state index in [4.69, 9.17) is 0 Å². The topological polar surface area (TPSA) is 12.0 Å². The van der Waals surface area contributed by atoms with Gasteiger partial charge in [-0.3, -0.25) is 5.32 Å². The van der Waals surface area contributed by atoms with Crippen LogP contribution in [0.15, 0.2) is 0 Å². The highest BCUT2D eigenvalue weighted by atomic mass is 79.9. The molecule has 0 saturated carbocycles. The Bertz CT molecular complexity index is 329. The van der Waals surface area contributed by atoms with Crippen LogP contribution in [-0.2, 0) is 0 Å². The van der Waals surface area contributed by atoms with Gasteiger partial charge in [0.25, 0.3) is 0 Å². The highest BCUT2D eigenvalue weighted by Gasteiger charge is 2.15. The molecule has 0 aromatic rings. The van der Waals surface area contributed by atoms with Crippen molar-refractivity contribution in [2.75, 3.05) is 61.0 Å². The van der Waals surface area contributed by atoms with Crippen molar-refractivity contribution >= 4 is 0 Å². The van der Waals surface area contributed by atoms with Crippen molar-refractivity contribution in [3.05, 3.63) is 0 Å². The van der Waals surface area contributed by atoms with E-state index < -0.39 is 0 Å². The molecule has 5 heteroatoms. The minimum absolute atomic E-state index is 0. The van der Waals surface area contributed by atoms with Gasteiger partial charge >= 0.3 is 0 Å². The Balaban J connectivity index is -0.00000420. The van der Waals surface area contributed by atoms with E-state index in [9.17, 15) is 0 Å². The van der Waals surface area contributed by atoms with Crippen LogP contribution in [0.25, 0.3) is 0 Å². The smallest absolute Gasteiger partial charge is 0.132 e. The first-order valence-corrected chi connectivity index (χ1v) is 13.7. The largest absolute Gasteiger partial charge is 1.00 e. The lowest BCUT2D eigenvalue weighted by atomic mass is 10.1. The predicted octanol–water partition coefficient (Wildman–Crippen LogP) is 0.976. The zero-order chi connectivity index (χ0) is 22.6. The van der Waals surface area contributed by atoms with Gasteiger partial charge in [-0.25, -0.2) is 0 Å². The van der Waals surface area contributed by atoms with Crippen LogP contribution < -0.4 is 39.3 Å². The number of nitrogens with zero attached hydrogens (tertiary/aromatic N) is 2. The summed E-state index contributed by atoms with van der Waals surface area (Å²) in [7, 11) is 9.61. The van der Waals surface area contributed by atoms with Crippen molar-refractivity contribution in [2.45, 2.75) is 117 Å². The summed E-state index contributed by atoms with van der Waals surface area (Å²) >= 11 is 0. The van der Waals surface area contributed by atoms with Gasteiger partial charge in [0.15, 0.2) is 0 Å². The maximum Gasteiger partial charge on any atom is 0.132 e. The Morgan fingerprint density at radius 2 is 0.781 bits per heavy atom. The van der Waals surface area contributed by atoms with Crippen LogP contribution in [0.1, 0.15) is 117 Å². The molecule has 1 N–H and O–H groups in total. The van der Waals surface area contributed by atoms with Crippen LogP contribution >= 0.6 is 0 Å². The molecule has 0 aliphatic carbocycles. The number of nitrogens with one attached hydrogen (secondary N) is 1. The van der Waals surface area contributed by atoms with Crippen LogP contribution in [0.5, 0.6) is 0 Å². The molecular formula is C27H61Br2N3. The average Bonchev–Trinajstić information content (AvgIpc) is 2.69. The molecular weight excluding hydrogens is 526 g/mol. The normalized spacial score (nSPS) is 11.8. The molecule has 0 fully saturated rings. The maximum atomic E-state index is 3.72. The summed E-state index contributed by atoms with van der Waals surface area (Å²) in [4.78, 5) is 0. The van der Waals surface area contributed by atoms with Crippen LogP contribution in [0.2, 0.25) is 0 Å². The highest BCUT2D eigenvalue weighted by Crippen LogP contribution is 2.11. The Kier molecular flexibility index (Phi) is 29.2. The first-order chi connectivity index (χ1) is 14.3. The molecule has 0 rings (SSSR count). The summed E-state index contributed by atoms with van der Waals surface area (Å²) < 4.78 is 2.32. The molecule has 3 nitrogen and oxygen atoms in total. The molecule has 198 valence electrons. The van der Waals surface area contributed by atoms with E-state index in [0.29, 0.717) is 0 Å². The highest BCUT2D eigenvalue weighted by molar-refractivity contribution is 4.49. The van der Waals surface area contributed by atoms with E-state index in [1.807, 2.05) is 0 Å². The number of quaternary nitrogens is 2. The van der Waals surface area contributed by atoms with Gasteiger partial charge in [0.2, 0.25) is 0 Å². The van der Waals surface area contributed by atoms with Crippen LogP contribution in [0.4, 0.5) is 0 Å². The van der Waals surface area contributed by atoms with E-state index >= 15 is 0 Å². The molecule has 0 amide bonds. The SMILES string of the molecule is CCCCCCCCC[N+](C)(C)CCCCNC[N+](C)(C)CCCCCCCCC.[Br-].[Br-]. The third-order valence-electron chi connectivity index (χ3n) is 6.64. The molecule has 0 atom stereocenters. The predicted molar refractivity (Wildman–Crippen MR) is 137 cm³/mol. The van der Waals surface area contributed by atoms with Gasteiger partial charge in [-0.2, -0.15) is 0 Å². The first kappa shape index (κ1) is 37.4. The number of hydrogen-bond acceptors (Lipinski definition) is 1. The Labute approximate surface area is 225 Å². The van der Waals surface area contributed by atoms with Crippen molar-refractivity contribution in [1.29, 1.82) is 0 Å². The summed E-state index contributed by atoms with van der Waals surface area (Å²) in [6.45, 7) is 10.9. The van der Waals surface area contributed by atoms with Gasteiger partial charge in [-0.15, -0.1) is 0 Å². The number of halogens is 2. The molecule has 0 aromatic carbocycles. The zero-order valence-electron chi connectivity index (χ0n) is 23.0. The molecule has 0 unspecified atom stereocenters. The second kappa shape index (κ2) is 24.9. The number of rotatable bonds is 23. The standard InChI is InChI=1S/C27H61N3.2BrH/c1-7-9-11-13-15-17-20-24-29(3,4)25-22-19-23-28-27-30(5,6)26-21-18-16-14-12-10-8-2;;/h28H,7-27H2,1-6H3;2*1H/q+2;;/p-2. The molecule has 0 heterocycles. The van der Waals surface area contributed by atoms with Gasteiger partial charge in [0, 0.05) is 6.54 Å². The van der Waals surface area contributed by atoms with Gasteiger partial charge < -0.3 is 42.9 Å². The van der Waals surface area contributed by atoms with Crippen LogP contribution in [0.3, 0.4) is 0 Å². The Hall–Kier alpha value is 0.840. The average molecular weight is 588 g/mol. The fraction of sp³-hybridized carbons (Fsp3) is 1.00. The van der Waals surface area contributed by atoms with Crippen molar-refractivity contribution < 1.29 is 42.9 Å². The summed E-state index contributed by atoms with van der Waals surface area (Å²) in [6.07, 6.45) is 22.5. The van der Waals surface area contributed by atoms with Crippen LogP contribution in [-0.4, -0.2) is 70.0 Å². The van der Waals surface area contributed by atoms with E-state index in [0.717, 1.165) is 11.2 Å². The molecule has 0 aromatic heterocycles. The van der Waals surface area contributed by atoms with Gasteiger partial charge in [-0.05, 0) is 38.5 Å². The zero-order valence-corrected chi connectivity index (χ0v) is 26.2. The third kappa shape index (κ3) is 27.1. The lowest BCUT2D eigenvalue weighted by Crippen LogP contribution is -3.00. The Morgan fingerprint density at radius 1 is 0.438 bits per heavy atom. The lowest BCUT2D eigenvalue weighted by molar-refractivity contribution is -0.893. The molecule has 32 heavy (non-hydrogen) atoms. The molecule has 0 spiro atoms. The van der Waals surface area contributed by atoms with Gasteiger partial charge in [-0.1, -0.05) is 78.1 Å².